The van der Waals surface area contributed by atoms with E-state index in [-0.39, 0.29) is 4.90 Å². The molecule has 0 unspecified atom stereocenters. The van der Waals surface area contributed by atoms with E-state index >= 15 is 0 Å². The molecular formula is C23H23N5O3S2. The summed E-state index contributed by atoms with van der Waals surface area (Å²) < 4.78 is 42.1. The molecule has 1 aliphatic rings. The summed E-state index contributed by atoms with van der Waals surface area (Å²) in [6.07, 6.45) is 1.75. The molecule has 0 bridgehead atoms. The predicted molar refractivity (Wildman–Crippen MR) is 126 cm³/mol. The number of rotatable bonds is 7. The topological polar surface area (TPSA) is 88.5 Å². The summed E-state index contributed by atoms with van der Waals surface area (Å²) >= 11 is 1.03. The Hall–Kier alpha value is -2.92. The summed E-state index contributed by atoms with van der Waals surface area (Å²) in [6.45, 7) is 3.43. The maximum Gasteiger partial charge on any atom is 0.245 e. The number of benzene rings is 2. The molecule has 0 atom stereocenters. The van der Waals surface area contributed by atoms with E-state index in [0.29, 0.717) is 43.8 Å². The minimum atomic E-state index is -3.60. The van der Waals surface area contributed by atoms with Gasteiger partial charge in [-0.15, -0.1) is 0 Å². The SMILES string of the molecule is O=S(=O)(c1cccc2nsnc12)N1CCN(Cc2ccc(OCc3ccccn3)cc2)CC1. The minimum absolute atomic E-state index is 0.239. The molecule has 0 spiro atoms. The predicted octanol–water partition coefficient (Wildman–Crippen LogP) is 3.17. The third kappa shape index (κ3) is 4.88. The molecule has 4 aromatic rings. The maximum atomic E-state index is 13.2. The van der Waals surface area contributed by atoms with Gasteiger partial charge in [-0.25, -0.2) is 8.42 Å². The first kappa shape index (κ1) is 21.9. The van der Waals surface area contributed by atoms with Crippen LogP contribution in [-0.4, -0.2) is 57.5 Å². The van der Waals surface area contributed by atoms with Crippen LogP contribution in [0.4, 0.5) is 0 Å². The Kier molecular flexibility index (Phi) is 6.32. The molecule has 8 nitrogen and oxygen atoms in total. The quantitative estimate of drug-likeness (QED) is 0.401. The number of fused-ring (bicyclic) bond motifs is 1. The smallest absolute Gasteiger partial charge is 0.245 e. The number of pyridine rings is 1. The van der Waals surface area contributed by atoms with E-state index in [1.807, 2.05) is 42.5 Å². The van der Waals surface area contributed by atoms with E-state index in [2.05, 4.69) is 18.6 Å². The van der Waals surface area contributed by atoms with Gasteiger partial charge in [0.05, 0.1) is 17.4 Å². The van der Waals surface area contributed by atoms with Crippen molar-refractivity contribution in [2.45, 2.75) is 18.0 Å². The van der Waals surface area contributed by atoms with E-state index < -0.39 is 10.0 Å². The number of aromatic nitrogens is 3. The molecule has 2 aromatic heterocycles. The second-order valence-corrected chi connectivity index (χ2v) is 10.3. The van der Waals surface area contributed by atoms with Gasteiger partial charge in [0.1, 0.15) is 28.3 Å². The summed E-state index contributed by atoms with van der Waals surface area (Å²) in [5, 5.41) is 0. The molecule has 1 saturated heterocycles. The Morgan fingerprint density at radius 3 is 2.48 bits per heavy atom. The number of sulfonamides is 1. The van der Waals surface area contributed by atoms with Crippen molar-refractivity contribution in [3.63, 3.8) is 0 Å². The Labute approximate surface area is 196 Å². The lowest BCUT2D eigenvalue weighted by molar-refractivity contribution is 0.181. The molecule has 0 amide bonds. The summed E-state index contributed by atoms with van der Waals surface area (Å²) in [6, 6.07) is 18.9. The van der Waals surface area contributed by atoms with Crippen LogP contribution in [-0.2, 0) is 23.2 Å². The lowest BCUT2D eigenvalue weighted by Crippen LogP contribution is -2.48. The van der Waals surface area contributed by atoms with Gasteiger partial charge < -0.3 is 4.74 Å². The van der Waals surface area contributed by atoms with Crippen molar-refractivity contribution in [3.8, 4) is 5.75 Å². The van der Waals surface area contributed by atoms with Gasteiger partial charge in [0.25, 0.3) is 0 Å². The van der Waals surface area contributed by atoms with Gasteiger partial charge in [0.2, 0.25) is 10.0 Å². The Morgan fingerprint density at radius 1 is 0.909 bits per heavy atom. The monoisotopic (exact) mass is 481 g/mol. The number of hydrogen-bond acceptors (Lipinski definition) is 8. The highest BCUT2D eigenvalue weighted by Crippen LogP contribution is 2.25. The number of nitrogens with zero attached hydrogens (tertiary/aromatic N) is 5. The summed E-state index contributed by atoms with van der Waals surface area (Å²) in [4.78, 5) is 6.76. The van der Waals surface area contributed by atoms with Crippen molar-refractivity contribution in [2.75, 3.05) is 26.2 Å². The van der Waals surface area contributed by atoms with E-state index in [0.717, 1.165) is 35.3 Å². The molecule has 1 aliphatic heterocycles. The molecule has 3 heterocycles. The van der Waals surface area contributed by atoms with Crippen molar-refractivity contribution in [2.24, 2.45) is 0 Å². The van der Waals surface area contributed by atoms with Crippen molar-refractivity contribution in [1.82, 2.24) is 22.9 Å². The third-order valence-corrected chi connectivity index (χ3v) is 8.11. The third-order valence-electron chi connectivity index (χ3n) is 5.64. The molecule has 0 radical (unpaired) electrons. The van der Waals surface area contributed by atoms with Gasteiger partial charge >= 0.3 is 0 Å². The fourth-order valence-corrected chi connectivity index (χ4v) is 6.02. The molecule has 2 aromatic carbocycles. The molecule has 1 fully saturated rings. The van der Waals surface area contributed by atoms with E-state index in [9.17, 15) is 8.42 Å². The number of piperazine rings is 1. The van der Waals surface area contributed by atoms with Crippen LogP contribution in [0.1, 0.15) is 11.3 Å². The van der Waals surface area contributed by atoms with Crippen molar-refractivity contribution < 1.29 is 13.2 Å². The average Bonchev–Trinajstić information content (AvgIpc) is 3.34. The van der Waals surface area contributed by atoms with Crippen LogP contribution < -0.4 is 4.74 Å². The zero-order valence-corrected chi connectivity index (χ0v) is 19.5. The van der Waals surface area contributed by atoms with Gasteiger partial charge in [-0.05, 0) is 42.0 Å². The van der Waals surface area contributed by atoms with Gasteiger partial charge in [0.15, 0.2) is 0 Å². The van der Waals surface area contributed by atoms with Gasteiger partial charge in [-0.2, -0.15) is 13.1 Å². The van der Waals surface area contributed by atoms with Gasteiger partial charge in [-0.1, -0.05) is 24.3 Å². The van der Waals surface area contributed by atoms with Crippen LogP contribution in [0.25, 0.3) is 11.0 Å². The minimum Gasteiger partial charge on any atom is -0.487 e. The normalized spacial score (nSPS) is 15.6. The Morgan fingerprint density at radius 2 is 1.73 bits per heavy atom. The first-order chi connectivity index (χ1) is 16.1. The summed E-state index contributed by atoms with van der Waals surface area (Å²) in [5.41, 5.74) is 3.12. The van der Waals surface area contributed by atoms with Crippen LogP contribution in [0.5, 0.6) is 5.75 Å². The molecular weight excluding hydrogens is 458 g/mol. The molecule has 10 heteroatoms. The summed E-state index contributed by atoms with van der Waals surface area (Å²) in [5.74, 6) is 0.797. The van der Waals surface area contributed by atoms with Crippen LogP contribution in [0.15, 0.2) is 71.8 Å². The van der Waals surface area contributed by atoms with E-state index in [1.54, 1.807) is 28.7 Å². The average molecular weight is 482 g/mol. The molecule has 0 saturated carbocycles. The number of hydrogen-bond donors (Lipinski definition) is 0. The summed E-state index contributed by atoms with van der Waals surface area (Å²) in [7, 11) is -3.60. The molecule has 170 valence electrons. The van der Waals surface area contributed by atoms with Crippen LogP contribution in [0, 0.1) is 0 Å². The largest absolute Gasteiger partial charge is 0.487 e. The second-order valence-electron chi connectivity index (χ2n) is 7.82. The fourth-order valence-electron chi connectivity index (χ4n) is 3.85. The maximum absolute atomic E-state index is 13.2. The van der Waals surface area contributed by atoms with Crippen molar-refractivity contribution in [1.29, 1.82) is 0 Å². The van der Waals surface area contributed by atoms with Crippen molar-refractivity contribution >= 4 is 32.8 Å². The van der Waals surface area contributed by atoms with Crippen LogP contribution >= 0.6 is 11.7 Å². The highest BCUT2D eigenvalue weighted by Gasteiger charge is 2.30. The van der Waals surface area contributed by atoms with E-state index in [4.69, 9.17) is 4.74 Å². The highest BCUT2D eigenvalue weighted by atomic mass is 32.2. The first-order valence-corrected chi connectivity index (χ1v) is 12.8. The van der Waals surface area contributed by atoms with Gasteiger partial charge in [-0.3, -0.25) is 9.88 Å². The molecule has 0 aliphatic carbocycles. The van der Waals surface area contributed by atoms with Gasteiger partial charge in [0, 0.05) is 38.9 Å². The lowest BCUT2D eigenvalue weighted by atomic mass is 10.2. The van der Waals surface area contributed by atoms with Crippen LogP contribution in [0.3, 0.4) is 0 Å². The second kappa shape index (κ2) is 9.52. The Bertz CT molecular complexity index is 1320. The molecule has 33 heavy (non-hydrogen) atoms. The van der Waals surface area contributed by atoms with E-state index in [1.165, 1.54) is 0 Å². The zero-order chi connectivity index (χ0) is 22.7. The zero-order valence-electron chi connectivity index (χ0n) is 17.9. The fraction of sp³-hybridized carbons (Fsp3) is 0.261. The van der Waals surface area contributed by atoms with Crippen molar-refractivity contribution in [3.05, 3.63) is 78.1 Å². The first-order valence-electron chi connectivity index (χ1n) is 10.6. The molecule has 5 rings (SSSR count). The lowest BCUT2D eigenvalue weighted by Gasteiger charge is -2.34. The number of ether oxygens (including phenoxy) is 1. The Balaban J connectivity index is 1.16. The molecule has 0 N–H and O–H groups in total. The standard InChI is InChI=1S/C23H23N5O3S2/c29-33(30,22-6-3-5-21-23(22)26-32-25-21)28-14-12-27(13-15-28)16-18-7-9-20(10-8-18)31-17-19-4-1-2-11-24-19/h1-11H,12-17H2. The highest BCUT2D eigenvalue weighted by molar-refractivity contribution is 7.89. The van der Waals surface area contributed by atoms with Crippen LogP contribution in [0.2, 0.25) is 0 Å².